The Morgan fingerprint density at radius 1 is 0.538 bits per heavy atom. The molecule has 5 aromatic carbocycles. The molecule has 0 aliphatic carbocycles. The van der Waals surface area contributed by atoms with Crippen LogP contribution < -0.4 is 13.5 Å². The van der Waals surface area contributed by atoms with Crippen LogP contribution >= 0.6 is 0 Å². The van der Waals surface area contributed by atoms with Gasteiger partial charge in [-0.1, -0.05) is 78.4 Å². The molecule has 0 aliphatic heterocycles. The van der Waals surface area contributed by atoms with Crippen LogP contribution in [0.1, 0.15) is 11.1 Å². The molecule has 0 atom stereocenters. The quantitative estimate of drug-likeness (QED) is 0.0957. The topological polar surface area (TPSA) is 20.9 Å². The molecule has 0 spiro atoms. The van der Waals surface area contributed by atoms with Crippen molar-refractivity contribution in [3.8, 4) is 44.8 Å². The van der Waals surface area contributed by atoms with Gasteiger partial charge in [-0.2, -0.15) is 18.6 Å². The third kappa shape index (κ3) is 7.42. The van der Waals surface area contributed by atoms with Crippen molar-refractivity contribution < 1.29 is 33.7 Å². The fourth-order valence-electron chi connectivity index (χ4n) is 6.53. The van der Waals surface area contributed by atoms with Crippen LogP contribution in [0.2, 0.25) is 17.3 Å². The molecule has 0 saturated carbocycles. The van der Waals surface area contributed by atoms with Crippen molar-refractivity contribution in [3.05, 3.63) is 191 Å². The Labute approximate surface area is 324 Å². The molecule has 3 aromatic heterocycles. The first kappa shape index (κ1) is 36.7. The van der Waals surface area contributed by atoms with Crippen molar-refractivity contribution in [2.75, 3.05) is 0 Å². The fraction of sp³-hybridized carbons (Fsp3) is 0.0638. The summed E-state index contributed by atoms with van der Waals surface area (Å²) in [5.74, 6) is 7.18. The van der Waals surface area contributed by atoms with Gasteiger partial charge in [0.2, 0.25) is 0 Å². The van der Waals surface area contributed by atoms with Crippen molar-refractivity contribution in [1.82, 2.24) is 0 Å². The first-order chi connectivity index (χ1) is 24.6. The number of rotatable bonds is 5. The van der Waals surface area contributed by atoms with E-state index in [0.29, 0.717) is 0 Å². The monoisotopic (exact) mass is 917 g/mol. The molecule has 1 radical (unpaired) electrons. The van der Waals surface area contributed by atoms with Gasteiger partial charge in [0.15, 0.2) is 0 Å². The molecule has 52 heavy (non-hydrogen) atoms. The van der Waals surface area contributed by atoms with Crippen LogP contribution in [0.15, 0.2) is 156 Å². The van der Waals surface area contributed by atoms with Gasteiger partial charge < -0.3 is 8.98 Å². The number of hydrogen-bond acceptors (Lipinski definition) is 1. The zero-order valence-electron chi connectivity index (χ0n) is 29.9. The van der Waals surface area contributed by atoms with E-state index in [-0.39, 0.29) is 20.1 Å². The van der Waals surface area contributed by atoms with E-state index in [9.17, 15) is 0 Å². The number of aromatic nitrogens is 2. The third-order valence-corrected chi connectivity index (χ3v) is 13.7. The number of nitrogens with zero attached hydrogens (tertiary/aromatic N) is 2. The maximum absolute atomic E-state index is 6.43. The molecule has 8 aromatic rings. The van der Waals surface area contributed by atoms with E-state index < -0.39 is 13.3 Å². The van der Waals surface area contributed by atoms with Crippen molar-refractivity contribution in [3.63, 3.8) is 0 Å². The summed E-state index contributed by atoms with van der Waals surface area (Å²) in [6.45, 7) is 8.40. The summed E-state index contributed by atoms with van der Waals surface area (Å²) in [6, 6.07) is 48.2. The van der Waals surface area contributed by atoms with Crippen LogP contribution in [0.4, 0.5) is 0 Å². The smallest absolute Gasteiger partial charge is 0 e. The second kappa shape index (κ2) is 15.2. The first-order valence-electron chi connectivity index (χ1n) is 17.2. The largest absolute Gasteiger partial charge is 0 e. The molecule has 8 rings (SSSR count). The van der Waals surface area contributed by atoms with E-state index in [1.165, 1.54) is 15.5 Å². The minimum Gasteiger partial charge on any atom is 0 e. The fourth-order valence-corrected chi connectivity index (χ4v) is 8.89. The Morgan fingerprint density at radius 2 is 1.17 bits per heavy atom. The van der Waals surface area contributed by atoms with Gasteiger partial charge >= 0.3 is 113 Å². The van der Waals surface area contributed by atoms with Crippen molar-refractivity contribution in [2.24, 2.45) is 0 Å². The molecule has 261 valence electrons. The summed E-state index contributed by atoms with van der Waals surface area (Å²) >= 11 is -1.78. The average molecular weight is 916 g/mol. The van der Waals surface area contributed by atoms with E-state index in [1.54, 1.807) is 0 Å². The van der Waals surface area contributed by atoms with E-state index in [0.717, 1.165) is 66.7 Å². The van der Waals surface area contributed by atoms with E-state index in [2.05, 4.69) is 161 Å². The van der Waals surface area contributed by atoms with Crippen LogP contribution in [0.5, 0.6) is 0 Å². The summed E-state index contributed by atoms with van der Waals surface area (Å²) < 4.78 is 11.8. The van der Waals surface area contributed by atoms with Gasteiger partial charge in [-0.25, -0.2) is 0 Å². The zero-order chi connectivity index (χ0) is 35.7. The maximum atomic E-state index is 6.43. The summed E-state index contributed by atoms with van der Waals surface area (Å²) in [5, 5.41) is 2.18. The Kier molecular flexibility index (Phi) is 10.7. The van der Waals surface area contributed by atoms with E-state index in [4.69, 9.17) is 4.42 Å². The van der Waals surface area contributed by atoms with Gasteiger partial charge in [0.1, 0.15) is 5.58 Å². The molecule has 0 amide bonds. The normalized spacial score (nSPS) is 11.1. The Hall–Kier alpha value is -5.13. The summed E-state index contributed by atoms with van der Waals surface area (Å²) in [6.07, 6.45) is 4.17. The Balaban J connectivity index is 0.000000208. The summed E-state index contributed by atoms with van der Waals surface area (Å²) in [5.41, 5.74) is 12.5. The van der Waals surface area contributed by atoms with Gasteiger partial charge in [-0.05, 0) is 40.5 Å². The predicted molar refractivity (Wildman–Crippen MR) is 216 cm³/mol. The zero-order valence-corrected chi connectivity index (χ0v) is 34.4. The molecular formula is C47H42GeIrN2O-2. The van der Waals surface area contributed by atoms with Crippen LogP contribution in [0, 0.1) is 27.9 Å². The summed E-state index contributed by atoms with van der Waals surface area (Å²) in [4.78, 5) is 0. The molecule has 0 bridgehead atoms. The van der Waals surface area contributed by atoms with Gasteiger partial charge in [-0.3, -0.25) is 0 Å². The average Bonchev–Trinajstić information content (AvgIpc) is 3.51. The minimum absolute atomic E-state index is 0. The third-order valence-electron chi connectivity index (χ3n) is 9.42. The number of furan rings is 1. The maximum Gasteiger partial charge on any atom is 0 e. The number of hydrogen-bond donors (Lipinski definition) is 0. The van der Waals surface area contributed by atoms with E-state index >= 15 is 0 Å². The first-order valence-corrected chi connectivity index (χ1v) is 24.5. The molecule has 0 fully saturated rings. The molecular weight excluding hydrogens is 873 g/mol. The van der Waals surface area contributed by atoms with Crippen molar-refractivity contribution >= 4 is 39.6 Å². The molecule has 5 heteroatoms. The van der Waals surface area contributed by atoms with Crippen LogP contribution in [0.25, 0.3) is 66.7 Å². The van der Waals surface area contributed by atoms with Crippen molar-refractivity contribution in [2.45, 2.75) is 17.3 Å². The SMILES string of the molecule is [CH2-]c1ccc2c(oc3ccc(-c4ccccc4)cc32)c1-c1cc(-c2ccccc2)cc[n+]1[CH2-].[CH2-]c1ccccc1-c1cc[c]([Ge]([CH3])([CH3])[CH3])c[n+]1[CH2-].[Ir]. The molecule has 0 saturated heterocycles. The van der Waals surface area contributed by atoms with Crippen LogP contribution in [0.3, 0.4) is 0 Å². The number of fused-ring (bicyclic) bond motifs is 3. The standard InChI is InChI=1S/C31H22NO.C16H20GeN.Ir/c1-21-13-15-26-27-19-24(22-9-5-3-6-10-22)14-16-29(27)33-31(26)30(21)28-20-25(17-18-32(28)2)23-11-7-4-8-12-23;1-13-8-6-7-9-15(13)16-11-10-14(12-18(16)5)17(2,3)4;/h3-20H,1-2H2;6-12H,1,5H2,2-4H3;/q2*-1;. The predicted octanol–water partition coefficient (Wildman–Crippen LogP) is 10.7. The molecule has 0 N–H and O–H groups in total. The van der Waals surface area contributed by atoms with Crippen LogP contribution in [-0.4, -0.2) is 13.3 Å². The Bertz CT molecular complexity index is 2500. The van der Waals surface area contributed by atoms with Crippen molar-refractivity contribution in [1.29, 1.82) is 0 Å². The second-order valence-corrected chi connectivity index (χ2v) is 24.6. The minimum atomic E-state index is -1.78. The number of pyridine rings is 2. The van der Waals surface area contributed by atoms with E-state index in [1.807, 2.05) is 45.7 Å². The van der Waals surface area contributed by atoms with Gasteiger partial charge in [0, 0.05) is 37.9 Å². The second-order valence-electron chi connectivity index (χ2n) is 14.0. The molecule has 3 heterocycles. The summed E-state index contributed by atoms with van der Waals surface area (Å²) in [7, 11) is 8.37. The molecule has 0 aliphatic rings. The van der Waals surface area contributed by atoms with Gasteiger partial charge in [0.05, 0.1) is 17.5 Å². The molecule has 3 nitrogen and oxygen atoms in total. The van der Waals surface area contributed by atoms with Crippen LogP contribution in [-0.2, 0) is 20.1 Å². The van der Waals surface area contributed by atoms with Gasteiger partial charge in [-0.15, -0.1) is 6.07 Å². The molecule has 0 unspecified atom stereocenters. The number of benzene rings is 5. The van der Waals surface area contributed by atoms with Gasteiger partial charge in [0.25, 0.3) is 0 Å². The Morgan fingerprint density at radius 3 is 1.81 bits per heavy atom.